The molecule has 6 heteroatoms. The number of hydrogen-bond donors (Lipinski definition) is 1. The van der Waals surface area contributed by atoms with Crippen LogP contribution in [-0.2, 0) is 11.3 Å². The van der Waals surface area contributed by atoms with Gasteiger partial charge < -0.3 is 10.1 Å². The van der Waals surface area contributed by atoms with Crippen LogP contribution in [0.3, 0.4) is 0 Å². The van der Waals surface area contributed by atoms with Crippen molar-refractivity contribution in [3.05, 3.63) is 41.2 Å². The second-order valence-corrected chi connectivity index (χ2v) is 6.56. The maximum absolute atomic E-state index is 5.97. The summed E-state index contributed by atoms with van der Waals surface area (Å²) in [5.74, 6) is 1.29. The van der Waals surface area contributed by atoms with E-state index in [4.69, 9.17) is 4.74 Å². The van der Waals surface area contributed by atoms with E-state index in [1.165, 1.54) is 5.56 Å². The van der Waals surface area contributed by atoms with Gasteiger partial charge in [-0.1, -0.05) is 0 Å². The molecule has 0 aromatic carbocycles. The van der Waals surface area contributed by atoms with Gasteiger partial charge in [-0.2, -0.15) is 5.10 Å². The van der Waals surface area contributed by atoms with E-state index >= 15 is 0 Å². The van der Waals surface area contributed by atoms with Gasteiger partial charge in [0, 0.05) is 60.9 Å². The van der Waals surface area contributed by atoms with E-state index in [1.807, 2.05) is 30.9 Å². The quantitative estimate of drug-likeness (QED) is 0.883. The average molecular weight is 329 g/mol. The number of aryl methyl sites for hydroxylation is 3. The van der Waals surface area contributed by atoms with Gasteiger partial charge in [-0.3, -0.25) is 4.68 Å². The Morgan fingerprint density at radius 3 is 2.92 bits per heavy atom. The van der Waals surface area contributed by atoms with Gasteiger partial charge in [0.15, 0.2) is 0 Å². The van der Waals surface area contributed by atoms with Crippen molar-refractivity contribution in [1.29, 1.82) is 0 Å². The molecule has 3 rings (SSSR count). The minimum atomic E-state index is 0.139. The molecule has 3 atom stereocenters. The third kappa shape index (κ3) is 3.65. The van der Waals surface area contributed by atoms with Crippen molar-refractivity contribution in [1.82, 2.24) is 25.1 Å². The van der Waals surface area contributed by atoms with Gasteiger partial charge in [-0.05, 0) is 34.1 Å². The molecule has 0 spiro atoms. The molecule has 6 nitrogen and oxygen atoms in total. The van der Waals surface area contributed by atoms with Crippen molar-refractivity contribution < 1.29 is 4.74 Å². The molecule has 0 aliphatic carbocycles. The van der Waals surface area contributed by atoms with E-state index in [0.717, 1.165) is 43.2 Å². The standard InChI is InChI=1S/C18H27N5O/c1-5-23-11-16(9-21-23)18-15(6-7-24-18)8-19-12(2)17-10-20-14(4)22-13(17)3/h9-12,15,18-19H,5-8H2,1-4H3/t12?,15-,18+/m0/s1. The number of aromatic nitrogens is 4. The lowest BCUT2D eigenvalue weighted by molar-refractivity contribution is 0.0898. The summed E-state index contributed by atoms with van der Waals surface area (Å²) < 4.78 is 7.92. The van der Waals surface area contributed by atoms with Gasteiger partial charge in [0.1, 0.15) is 5.82 Å². The molecule has 1 saturated heterocycles. The molecule has 1 aliphatic heterocycles. The van der Waals surface area contributed by atoms with E-state index in [1.54, 1.807) is 0 Å². The van der Waals surface area contributed by atoms with Crippen molar-refractivity contribution in [3.8, 4) is 0 Å². The van der Waals surface area contributed by atoms with Crippen LogP contribution in [0.4, 0.5) is 0 Å². The number of nitrogens with one attached hydrogen (secondary N) is 1. The summed E-state index contributed by atoms with van der Waals surface area (Å²) >= 11 is 0. The highest BCUT2D eigenvalue weighted by atomic mass is 16.5. The van der Waals surface area contributed by atoms with Crippen molar-refractivity contribution in [2.75, 3.05) is 13.2 Å². The SMILES string of the molecule is CCn1cc([C@@H]2OCC[C@H]2CNC(C)c2cnc(C)nc2C)cn1. The highest BCUT2D eigenvalue weighted by molar-refractivity contribution is 5.20. The Morgan fingerprint density at radius 1 is 1.38 bits per heavy atom. The van der Waals surface area contributed by atoms with Gasteiger partial charge in [0.25, 0.3) is 0 Å². The molecular weight excluding hydrogens is 302 g/mol. The van der Waals surface area contributed by atoms with Crippen molar-refractivity contribution in [2.45, 2.75) is 52.8 Å². The molecule has 2 aromatic heterocycles. The van der Waals surface area contributed by atoms with Crippen LogP contribution < -0.4 is 5.32 Å². The first kappa shape index (κ1) is 17.0. The zero-order valence-electron chi connectivity index (χ0n) is 15.0. The number of hydrogen-bond acceptors (Lipinski definition) is 5. The lowest BCUT2D eigenvalue weighted by Gasteiger charge is -2.21. The fourth-order valence-corrected chi connectivity index (χ4v) is 3.37. The molecule has 0 radical (unpaired) electrons. The monoisotopic (exact) mass is 329 g/mol. The normalized spacial score (nSPS) is 22.0. The molecule has 0 amide bonds. The van der Waals surface area contributed by atoms with Crippen molar-refractivity contribution in [3.63, 3.8) is 0 Å². The molecule has 1 aliphatic rings. The maximum Gasteiger partial charge on any atom is 0.125 e. The molecule has 0 saturated carbocycles. The third-order valence-corrected chi connectivity index (χ3v) is 4.81. The Balaban J connectivity index is 1.62. The van der Waals surface area contributed by atoms with E-state index in [9.17, 15) is 0 Å². The Kier molecular flexibility index (Phi) is 5.26. The predicted octanol–water partition coefficient (Wildman–Crippen LogP) is 2.74. The highest BCUT2D eigenvalue weighted by Crippen LogP contribution is 2.34. The molecule has 130 valence electrons. The minimum absolute atomic E-state index is 0.139. The summed E-state index contributed by atoms with van der Waals surface area (Å²) in [6.45, 7) is 10.8. The highest BCUT2D eigenvalue weighted by Gasteiger charge is 2.30. The first-order valence-electron chi connectivity index (χ1n) is 8.76. The second-order valence-electron chi connectivity index (χ2n) is 6.56. The van der Waals surface area contributed by atoms with Crippen molar-refractivity contribution >= 4 is 0 Å². The zero-order valence-corrected chi connectivity index (χ0v) is 15.0. The molecule has 3 heterocycles. The van der Waals surface area contributed by atoms with Crippen LogP contribution in [0.25, 0.3) is 0 Å². The van der Waals surface area contributed by atoms with Crippen LogP contribution in [0.2, 0.25) is 0 Å². The molecular formula is C18H27N5O. The van der Waals surface area contributed by atoms with Crippen LogP contribution in [0.5, 0.6) is 0 Å². The average Bonchev–Trinajstić information content (AvgIpc) is 3.21. The molecule has 1 N–H and O–H groups in total. The zero-order chi connectivity index (χ0) is 17.1. The summed E-state index contributed by atoms with van der Waals surface area (Å²) in [5.41, 5.74) is 3.39. The summed E-state index contributed by atoms with van der Waals surface area (Å²) in [5, 5.41) is 8.01. The first-order valence-corrected chi connectivity index (χ1v) is 8.76. The van der Waals surface area contributed by atoms with E-state index in [-0.39, 0.29) is 12.1 Å². The third-order valence-electron chi connectivity index (χ3n) is 4.81. The fourth-order valence-electron chi connectivity index (χ4n) is 3.37. The molecule has 0 bridgehead atoms. The fraction of sp³-hybridized carbons (Fsp3) is 0.611. The van der Waals surface area contributed by atoms with Gasteiger partial charge in [0.2, 0.25) is 0 Å². The lowest BCUT2D eigenvalue weighted by Crippen LogP contribution is -2.28. The summed E-state index contributed by atoms with van der Waals surface area (Å²) in [6.07, 6.45) is 7.19. The van der Waals surface area contributed by atoms with Crippen LogP contribution >= 0.6 is 0 Å². The molecule has 24 heavy (non-hydrogen) atoms. The van der Waals surface area contributed by atoms with E-state index in [0.29, 0.717) is 5.92 Å². The number of nitrogens with zero attached hydrogens (tertiary/aromatic N) is 4. The van der Waals surface area contributed by atoms with Crippen molar-refractivity contribution in [2.24, 2.45) is 5.92 Å². The number of ether oxygens (including phenoxy) is 1. The minimum Gasteiger partial charge on any atom is -0.373 e. The summed E-state index contributed by atoms with van der Waals surface area (Å²) in [4.78, 5) is 8.79. The Morgan fingerprint density at radius 2 is 2.21 bits per heavy atom. The summed E-state index contributed by atoms with van der Waals surface area (Å²) in [6, 6.07) is 0.227. The lowest BCUT2D eigenvalue weighted by atomic mass is 9.96. The largest absolute Gasteiger partial charge is 0.373 e. The molecule has 2 aromatic rings. The van der Waals surface area contributed by atoms with Crippen LogP contribution in [-0.4, -0.2) is 32.9 Å². The first-order chi connectivity index (χ1) is 11.6. The van der Waals surface area contributed by atoms with Gasteiger partial charge in [-0.25, -0.2) is 9.97 Å². The maximum atomic E-state index is 5.97. The Bertz CT molecular complexity index is 684. The predicted molar refractivity (Wildman–Crippen MR) is 92.6 cm³/mol. The van der Waals surface area contributed by atoms with E-state index in [2.05, 4.69) is 40.4 Å². The number of rotatable bonds is 6. The summed E-state index contributed by atoms with van der Waals surface area (Å²) in [7, 11) is 0. The van der Waals surface area contributed by atoms with Crippen LogP contribution in [0.15, 0.2) is 18.6 Å². The smallest absolute Gasteiger partial charge is 0.125 e. The van der Waals surface area contributed by atoms with Gasteiger partial charge in [-0.15, -0.1) is 0 Å². The Labute approximate surface area is 143 Å². The molecule has 1 fully saturated rings. The molecule has 1 unspecified atom stereocenters. The second kappa shape index (κ2) is 7.40. The Hall–Kier alpha value is -1.79. The van der Waals surface area contributed by atoms with E-state index < -0.39 is 0 Å². The van der Waals surface area contributed by atoms with Gasteiger partial charge in [0.05, 0.1) is 12.3 Å². The van der Waals surface area contributed by atoms with Crippen LogP contribution in [0.1, 0.15) is 55.1 Å². The topological polar surface area (TPSA) is 64.9 Å². The van der Waals surface area contributed by atoms with Gasteiger partial charge >= 0.3 is 0 Å². The van der Waals surface area contributed by atoms with Crippen LogP contribution in [0, 0.1) is 19.8 Å².